The van der Waals surface area contributed by atoms with E-state index in [1.54, 1.807) is 0 Å². The summed E-state index contributed by atoms with van der Waals surface area (Å²) >= 11 is 7.48. The number of nitrogens with zero attached hydrogens (tertiary/aromatic N) is 2. The lowest BCUT2D eigenvalue weighted by Gasteiger charge is -2.05. The van der Waals surface area contributed by atoms with Crippen LogP contribution in [0.1, 0.15) is 25.5 Å². The number of thiazole rings is 1. The van der Waals surface area contributed by atoms with Gasteiger partial charge in [-0.05, 0) is 29.5 Å². The molecule has 0 aliphatic carbocycles. The van der Waals surface area contributed by atoms with Crippen LogP contribution in [-0.4, -0.2) is 15.5 Å². The average Bonchev–Trinajstić information content (AvgIpc) is 3.07. The van der Waals surface area contributed by atoms with Crippen molar-refractivity contribution < 1.29 is 4.79 Å². The van der Waals surface area contributed by atoms with Crippen LogP contribution in [0.15, 0.2) is 35.8 Å². The van der Waals surface area contributed by atoms with Crippen LogP contribution in [0.4, 0.5) is 5.13 Å². The summed E-state index contributed by atoms with van der Waals surface area (Å²) in [7, 11) is 0. The molecule has 2 heterocycles. The van der Waals surface area contributed by atoms with E-state index >= 15 is 0 Å². The summed E-state index contributed by atoms with van der Waals surface area (Å²) in [5.41, 5.74) is 1.95. The van der Waals surface area contributed by atoms with Gasteiger partial charge in [-0.25, -0.2) is 4.98 Å². The first kappa shape index (κ1) is 15.1. The van der Waals surface area contributed by atoms with Gasteiger partial charge in [0.2, 0.25) is 5.91 Å². The summed E-state index contributed by atoms with van der Waals surface area (Å²) in [5, 5.41) is 7.19. The summed E-state index contributed by atoms with van der Waals surface area (Å²) < 4.78 is 1.88. The zero-order valence-corrected chi connectivity index (χ0v) is 13.9. The molecule has 0 saturated heterocycles. The first-order valence-corrected chi connectivity index (χ1v) is 8.28. The van der Waals surface area contributed by atoms with Gasteiger partial charge < -0.3 is 9.88 Å². The molecule has 0 bridgehead atoms. The lowest BCUT2D eigenvalue weighted by Crippen LogP contribution is -2.18. The Kier molecular flexibility index (Phi) is 4.18. The summed E-state index contributed by atoms with van der Waals surface area (Å²) in [6.45, 7) is 4.40. The molecule has 0 spiro atoms. The van der Waals surface area contributed by atoms with E-state index in [1.165, 1.54) is 11.3 Å². The zero-order chi connectivity index (χ0) is 15.7. The molecule has 0 saturated carbocycles. The fourth-order valence-corrected chi connectivity index (χ4v) is 3.27. The van der Waals surface area contributed by atoms with Gasteiger partial charge in [-0.3, -0.25) is 4.79 Å². The minimum atomic E-state index is -0.0952. The molecular weight excluding hydrogens is 318 g/mol. The first-order valence-electron chi connectivity index (χ1n) is 7.02. The van der Waals surface area contributed by atoms with Crippen molar-refractivity contribution in [1.82, 2.24) is 9.55 Å². The maximum Gasteiger partial charge on any atom is 0.246 e. The van der Waals surface area contributed by atoms with Gasteiger partial charge >= 0.3 is 0 Å². The van der Waals surface area contributed by atoms with Crippen molar-refractivity contribution in [3.05, 3.63) is 46.6 Å². The number of halogens is 1. The van der Waals surface area contributed by atoms with Crippen LogP contribution in [0.25, 0.3) is 10.9 Å². The van der Waals surface area contributed by atoms with Crippen LogP contribution in [-0.2, 0) is 11.3 Å². The number of fused-ring (bicyclic) bond motifs is 1. The van der Waals surface area contributed by atoms with Gasteiger partial charge in [0.15, 0.2) is 5.13 Å². The Balaban J connectivity index is 1.74. The molecular formula is C16H16ClN3OS. The SMILES string of the molecule is CC(C)c1csc(NC(=O)Cn2ccc3ccc(Cl)cc32)n1. The molecule has 4 nitrogen and oxygen atoms in total. The molecule has 0 unspecified atom stereocenters. The topological polar surface area (TPSA) is 46.9 Å². The molecule has 2 aromatic heterocycles. The van der Waals surface area contributed by atoms with Crippen molar-refractivity contribution in [2.45, 2.75) is 26.3 Å². The fourth-order valence-electron chi connectivity index (χ4n) is 2.22. The van der Waals surface area contributed by atoms with Gasteiger partial charge in [-0.2, -0.15) is 0 Å². The van der Waals surface area contributed by atoms with Crippen molar-refractivity contribution in [3.8, 4) is 0 Å². The Hall–Kier alpha value is -1.85. The Morgan fingerprint density at radius 3 is 2.95 bits per heavy atom. The Bertz CT molecular complexity index is 822. The van der Waals surface area contributed by atoms with Crippen LogP contribution in [0.2, 0.25) is 5.02 Å². The highest BCUT2D eigenvalue weighted by molar-refractivity contribution is 7.13. The summed E-state index contributed by atoms with van der Waals surface area (Å²) in [6, 6.07) is 7.63. The molecule has 22 heavy (non-hydrogen) atoms. The molecule has 1 amide bonds. The number of rotatable bonds is 4. The molecule has 0 aliphatic heterocycles. The van der Waals surface area contributed by atoms with Crippen molar-refractivity contribution >= 4 is 44.9 Å². The second-order valence-electron chi connectivity index (χ2n) is 5.43. The smallest absolute Gasteiger partial charge is 0.246 e. The minimum Gasteiger partial charge on any atom is -0.338 e. The van der Waals surface area contributed by atoms with Crippen LogP contribution in [0.3, 0.4) is 0 Å². The van der Waals surface area contributed by atoms with Gasteiger partial charge in [0.25, 0.3) is 0 Å². The summed E-state index contributed by atoms with van der Waals surface area (Å²) in [5.74, 6) is 0.263. The maximum absolute atomic E-state index is 12.2. The van der Waals surface area contributed by atoms with Crippen LogP contribution in [0, 0.1) is 0 Å². The number of hydrogen-bond acceptors (Lipinski definition) is 3. The van der Waals surface area contributed by atoms with Gasteiger partial charge in [0, 0.05) is 22.1 Å². The van der Waals surface area contributed by atoms with E-state index in [9.17, 15) is 4.79 Å². The standard InChI is InChI=1S/C16H16ClN3OS/c1-10(2)13-9-22-16(18-13)19-15(21)8-20-6-5-11-3-4-12(17)7-14(11)20/h3-7,9-10H,8H2,1-2H3,(H,18,19,21). The van der Waals surface area contributed by atoms with Crippen molar-refractivity contribution in [2.75, 3.05) is 5.32 Å². The molecule has 0 fully saturated rings. The molecule has 0 atom stereocenters. The normalized spacial score (nSPS) is 11.3. The van der Waals surface area contributed by atoms with Crippen LogP contribution < -0.4 is 5.32 Å². The number of carbonyl (C=O) groups excluding carboxylic acids is 1. The predicted octanol–water partition coefficient (Wildman–Crippen LogP) is 4.51. The monoisotopic (exact) mass is 333 g/mol. The van der Waals surface area contributed by atoms with Crippen LogP contribution >= 0.6 is 22.9 Å². The number of hydrogen-bond donors (Lipinski definition) is 1. The second-order valence-corrected chi connectivity index (χ2v) is 6.72. The highest BCUT2D eigenvalue weighted by Gasteiger charge is 2.10. The average molecular weight is 334 g/mol. The summed E-state index contributed by atoms with van der Waals surface area (Å²) in [6.07, 6.45) is 1.89. The largest absolute Gasteiger partial charge is 0.338 e. The van der Waals surface area contributed by atoms with Gasteiger partial charge in [-0.1, -0.05) is 31.5 Å². The van der Waals surface area contributed by atoms with Crippen molar-refractivity contribution in [3.63, 3.8) is 0 Å². The van der Waals surface area contributed by atoms with Gasteiger partial charge in [0.1, 0.15) is 6.54 Å². The van der Waals surface area contributed by atoms with Gasteiger partial charge in [0.05, 0.1) is 5.69 Å². The quantitative estimate of drug-likeness (QED) is 0.763. The third kappa shape index (κ3) is 3.15. The number of nitrogens with one attached hydrogen (secondary N) is 1. The predicted molar refractivity (Wildman–Crippen MR) is 91.8 cm³/mol. The number of amides is 1. The molecule has 114 valence electrons. The Labute approximate surface area is 137 Å². The van der Waals surface area contributed by atoms with E-state index in [0.29, 0.717) is 16.1 Å². The van der Waals surface area contributed by atoms with E-state index in [1.807, 2.05) is 40.4 Å². The third-order valence-corrected chi connectivity index (χ3v) is 4.42. The van der Waals surface area contributed by atoms with E-state index in [0.717, 1.165) is 16.6 Å². The highest BCUT2D eigenvalue weighted by Crippen LogP contribution is 2.22. The molecule has 1 N–H and O–H groups in total. The van der Waals surface area contributed by atoms with Crippen molar-refractivity contribution in [1.29, 1.82) is 0 Å². The van der Waals surface area contributed by atoms with E-state index in [2.05, 4.69) is 24.1 Å². The first-order chi connectivity index (χ1) is 10.5. The number of aromatic nitrogens is 2. The number of benzene rings is 1. The number of carbonyl (C=O) groups is 1. The zero-order valence-electron chi connectivity index (χ0n) is 12.3. The molecule has 6 heteroatoms. The van der Waals surface area contributed by atoms with Crippen LogP contribution in [0.5, 0.6) is 0 Å². The molecule has 3 aromatic rings. The Morgan fingerprint density at radius 1 is 1.41 bits per heavy atom. The van der Waals surface area contributed by atoms with Gasteiger partial charge in [-0.15, -0.1) is 11.3 Å². The molecule has 0 radical (unpaired) electrons. The maximum atomic E-state index is 12.2. The molecule has 0 aliphatic rings. The fraction of sp³-hybridized carbons (Fsp3) is 0.250. The molecule has 1 aromatic carbocycles. The lowest BCUT2D eigenvalue weighted by molar-refractivity contribution is -0.116. The highest BCUT2D eigenvalue weighted by atomic mass is 35.5. The van der Waals surface area contributed by atoms with E-state index in [4.69, 9.17) is 11.6 Å². The molecule has 3 rings (SSSR count). The Morgan fingerprint density at radius 2 is 2.23 bits per heavy atom. The second kappa shape index (κ2) is 6.10. The summed E-state index contributed by atoms with van der Waals surface area (Å²) in [4.78, 5) is 16.6. The van der Waals surface area contributed by atoms with Crippen molar-refractivity contribution in [2.24, 2.45) is 0 Å². The van der Waals surface area contributed by atoms with E-state index in [-0.39, 0.29) is 12.5 Å². The minimum absolute atomic E-state index is 0.0952. The lowest BCUT2D eigenvalue weighted by atomic mass is 10.2. The van der Waals surface area contributed by atoms with E-state index < -0.39 is 0 Å². The third-order valence-electron chi connectivity index (χ3n) is 3.41. The number of anilines is 1.